The van der Waals surface area contributed by atoms with E-state index < -0.39 is 0 Å². The van der Waals surface area contributed by atoms with E-state index in [-0.39, 0.29) is 5.91 Å². The first-order valence-electron chi connectivity index (χ1n) is 5.36. The lowest BCUT2D eigenvalue weighted by atomic mass is 10.1. The molecule has 1 heterocycles. The Bertz CT molecular complexity index is 184. The summed E-state index contributed by atoms with van der Waals surface area (Å²) < 4.78 is 0. The summed E-state index contributed by atoms with van der Waals surface area (Å²) in [5, 5.41) is 5.94. The molecule has 4 heteroatoms. The second kappa shape index (κ2) is 5.98. The van der Waals surface area contributed by atoms with Crippen molar-refractivity contribution in [2.45, 2.75) is 25.3 Å². The van der Waals surface area contributed by atoms with Crippen LogP contribution in [-0.4, -0.2) is 50.6 Å². The van der Waals surface area contributed by atoms with E-state index in [0.717, 1.165) is 19.6 Å². The zero-order valence-electron chi connectivity index (χ0n) is 9.18. The fourth-order valence-electron chi connectivity index (χ4n) is 1.88. The normalized spacial score (nSPS) is 23.4. The van der Waals surface area contributed by atoms with E-state index in [1.807, 2.05) is 7.05 Å². The van der Waals surface area contributed by atoms with Gasteiger partial charge in [-0.05, 0) is 26.4 Å². The quantitative estimate of drug-likeness (QED) is 0.659. The molecule has 0 radical (unpaired) electrons. The first kappa shape index (κ1) is 11.5. The lowest BCUT2D eigenvalue weighted by Crippen LogP contribution is -2.45. The van der Waals surface area contributed by atoms with E-state index in [0.29, 0.717) is 12.5 Å². The number of nitrogens with zero attached hydrogens (tertiary/aromatic N) is 1. The Labute approximate surface area is 86.0 Å². The van der Waals surface area contributed by atoms with Crippen LogP contribution in [0.25, 0.3) is 0 Å². The zero-order valence-corrected chi connectivity index (χ0v) is 9.18. The summed E-state index contributed by atoms with van der Waals surface area (Å²) >= 11 is 0. The molecule has 1 atom stereocenters. The smallest absolute Gasteiger partial charge is 0.221 e. The van der Waals surface area contributed by atoms with Crippen LogP contribution in [0.1, 0.15) is 19.3 Å². The van der Waals surface area contributed by atoms with Gasteiger partial charge in [0.05, 0.1) is 0 Å². The Hall–Kier alpha value is -0.610. The van der Waals surface area contributed by atoms with Gasteiger partial charge in [0.1, 0.15) is 0 Å². The number of likely N-dealkylation sites (tertiary alicyclic amines) is 1. The second-order valence-corrected chi connectivity index (χ2v) is 3.85. The van der Waals surface area contributed by atoms with Gasteiger partial charge in [0.15, 0.2) is 0 Å². The maximum atomic E-state index is 11.1. The molecule has 1 aliphatic heterocycles. The molecule has 14 heavy (non-hydrogen) atoms. The SMILES string of the molecule is CNC(=O)CCN1CCCC(NC)C1. The molecule has 0 spiro atoms. The minimum Gasteiger partial charge on any atom is -0.359 e. The Morgan fingerprint density at radius 2 is 2.29 bits per heavy atom. The fraction of sp³-hybridized carbons (Fsp3) is 0.900. The van der Waals surface area contributed by atoms with Crippen LogP contribution in [0.5, 0.6) is 0 Å². The van der Waals surface area contributed by atoms with Crippen LogP contribution in [0.15, 0.2) is 0 Å². The number of likely N-dealkylation sites (N-methyl/N-ethyl adjacent to an activating group) is 1. The van der Waals surface area contributed by atoms with Crippen LogP contribution in [0.4, 0.5) is 0 Å². The number of hydrogen-bond acceptors (Lipinski definition) is 3. The summed E-state index contributed by atoms with van der Waals surface area (Å²) in [6.45, 7) is 3.10. The number of amides is 1. The van der Waals surface area contributed by atoms with E-state index >= 15 is 0 Å². The van der Waals surface area contributed by atoms with Crippen LogP contribution < -0.4 is 10.6 Å². The third-order valence-electron chi connectivity index (χ3n) is 2.85. The van der Waals surface area contributed by atoms with Gasteiger partial charge < -0.3 is 15.5 Å². The zero-order chi connectivity index (χ0) is 10.4. The second-order valence-electron chi connectivity index (χ2n) is 3.85. The number of carbonyl (C=O) groups is 1. The number of piperidine rings is 1. The van der Waals surface area contributed by atoms with Gasteiger partial charge in [0.25, 0.3) is 0 Å². The molecule has 2 N–H and O–H groups in total. The number of rotatable bonds is 4. The molecule has 0 aromatic carbocycles. The van der Waals surface area contributed by atoms with E-state index in [2.05, 4.69) is 15.5 Å². The van der Waals surface area contributed by atoms with Gasteiger partial charge in [-0.1, -0.05) is 0 Å². The topological polar surface area (TPSA) is 44.4 Å². The molecule has 0 aliphatic carbocycles. The van der Waals surface area contributed by atoms with Gasteiger partial charge >= 0.3 is 0 Å². The van der Waals surface area contributed by atoms with Crippen LogP contribution in [-0.2, 0) is 4.79 Å². The Morgan fingerprint density at radius 1 is 1.50 bits per heavy atom. The highest BCUT2D eigenvalue weighted by molar-refractivity contribution is 5.75. The summed E-state index contributed by atoms with van der Waals surface area (Å²) in [6.07, 6.45) is 3.11. The van der Waals surface area contributed by atoms with Gasteiger partial charge in [-0.2, -0.15) is 0 Å². The average molecular weight is 199 g/mol. The lowest BCUT2D eigenvalue weighted by Gasteiger charge is -2.32. The standard InChI is InChI=1S/C10H21N3O/c1-11-9-4-3-6-13(8-9)7-5-10(14)12-2/h9,11H,3-8H2,1-2H3,(H,12,14). The van der Waals surface area contributed by atoms with Crippen molar-refractivity contribution in [3.63, 3.8) is 0 Å². The van der Waals surface area contributed by atoms with Crippen molar-refractivity contribution in [3.05, 3.63) is 0 Å². The van der Waals surface area contributed by atoms with Crippen LogP contribution in [0, 0.1) is 0 Å². The Morgan fingerprint density at radius 3 is 2.93 bits per heavy atom. The van der Waals surface area contributed by atoms with Crippen molar-refractivity contribution in [3.8, 4) is 0 Å². The highest BCUT2D eigenvalue weighted by atomic mass is 16.1. The predicted octanol–water partition coefficient (Wildman–Crippen LogP) is -0.194. The lowest BCUT2D eigenvalue weighted by molar-refractivity contribution is -0.121. The minimum absolute atomic E-state index is 0.136. The third-order valence-corrected chi connectivity index (χ3v) is 2.85. The molecule has 1 saturated heterocycles. The predicted molar refractivity (Wildman–Crippen MR) is 57.2 cm³/mol. The molecule has 1 unspecified atom stereocenters. The van der Waals surface area contributed by atoms with Gasteiger partial charge in [-0.15, -0.1) is 0 Å². The fourth-order valence-corrected chi connectivity index (χ4v) is 1.88. The molecule has 1 rings (SSSR count). The molecule has 1 amide bonds. The Kier molecular flexibility index (Phi) is 4.90. The van der Waals surface area contributed by atoms with Gasteiger partial charge in [0.2, 0.25) is 5.91 Å². The highest BCUT2D eigenvalue weighted by Crippen LogP contribution is 2.09. The minimum atomic E-state index is 0.136. The number of carbonyl (C=O) groups excluding carboxylic acids is 1. The monoisotopic (exact) mass is 199 g/mol. The van der Waals surface area contributed by atoms with Gasteiger partial charge in [0, 0.05) is 32.6 Å². The van der Waals surface area contributed by atoms with E-state index in [4.69, 9.17) is 0 Å². The molecule has 0 aromatic rings. The molecule has 4 nitrogen and oxygen atoms in total. The van der Waals surface area contributed by atoms with E-state index in [1.165, 1.54) is 12.8 Å². The van der Waals surface area contributed by atoms with Crippen molar-refractivity contribution < 1.29 is 4.79 Å². The summed E-state index contributed by atoms with van der Waals surface area (Å²) in [6, 6.07) is 0.605. The molecular formula is C10H21N3O. The van der Waals surface area contributed by atoms with Crippen molar-refractivity contribution in [2.24, 2.45) is 0 Å². The molecule has 82 valence electrons. The number of hydrogen-bond donors (Lipinski definition) is 2. The molecule has 1 fully saturated rings. The molecule has 0 aromatic heterocycles. The van der Waals surface area contributed by atoms with Crippen molar-refractivity contribution in [2.75, 3.05) is 33.7 Å². The first-order chi connectivity index (χ1) is 6.76. The number of nitrogens with one attached hydrogen (secondary N) is 2. The first-order valence-corrected chi connectivity index (χ1v) is 5.36. The largest absolute Gasteiger partial charge is 0.359 e. The molecular weight excluding hydrogens is 178 g/mol. The van der Waals surface area contributed by atoms with Crippen LogP contribution in [0.3, 0.4) is 0 Å². The third kappa shape index (κ3) is 3.64. The van der Waals surface area contributed by atoms with E-state index in [1.54, 1.807) is 7.05 Å². The summed E-state index contributed by atoms with van der Waals surface area (Å²) in [7, 11) is 3.70. The summed E-state index contributed by atoms with van der Waals surface area (Å²) in [4.78, 5) is 13.4. The molecule has 1 aliphatic rings. The highest BCUT2D eigenvalue weighted by Gasteiger charge is 2.18. The van der Waals surface area contributed by atoms with Crippen molar-refractivity contribution in [1.82, 2.24) is 15.5 Å². The maximum absolute atomic E-state index is 11.1. The summed E-state index contributed by atoms with van der Waals surface area (Å²) in [5.74, 6) is 0.136. The van der Waals surface area contributed by atoms with E-state index in [9.17, 15) is 4.79 Å². The van der Waals surface area contributed by atoms with Crippen LogP contribution in [0.2, 0.25) is 0 Å². The van der Waals surface area contributed by atoms with Gasteiger partial charge in [-0.25, -0.2) is 0 Å². The molecule has 0 bridgehead atoms. The van der Waals surface area contributed by atoms with Crippen molar-refractivity contribution in [1.29, 1.82) is 0 Å². The van der Waals surface area contributed by atoms with Crippen LogP contribution >= 0.6 is 0 Å². The van der Waals surface area contributed by atoms with Crippen molar-refractivity contribution >= 4 is 5.91 Å². The average Bonchev–Trinajstić information content (AvgIpc) is 2.26. The molecule has 0 saturated carbocycles. The van der Waals surface area contributed by atoms with Gasteiger partial charge in [-0.3, -0.25) is 4.79 Å². The Balaban J connectivity index is 2.20. The summed E-state index contributed by atoms with van der Waals surface area (Å²) in [5.41, 5.74) is 0. The maximum Gasteiger partial charge on any atom is 0.221 e.